The predicted octanol–water partition coefficient (Wildman–Crippen LogP) is -0.00250. The number of hydrogen-bond donors (Lipinski definition) is 0. The first kappa shape index (κ1) is 19.9. The van der Waals surface area contributed by atoms with Crippen molar-refractivity contribution in [2.45, 2.75) is 31.8 Å². The highest BCUT2D eigenvalue weighted by Crippen LogP contribution is 2.39. The van der Waals surface area contributed by atoms with Gasteiger partial charge in [-0.05, 0) is 30.9 Å². The molecular weight excluding hydrogens is 409 g/mol. The summed E-state index contributed by atoms with van der Waals surface area (Å²) in [5.41, 5.74) is 3.19. The second-order valence-electron chi connectivity index (χ2n) is 6.67. The molecule has 0 aliphatic carbocycles. The van der Waals surface area contributed by atoms with E-state index in [0.717, 1.165) is 26.1 Å². The minimum atomic E-state index is -1.42. The topological polar surface area (TPSA) is 32.8 Å². The molecule has 2 saturated heterocycles. The van der Waals surface area contributed by atoms with Crippen molar-refractivity contribution in [1.29, 1.82) is 0 Å². The van der Waals surface area contributed by atoms with Gasteiger partial charge in [0.05, 0.1) is 22.1 Å². The molecule has 126 valence electrons. The van der Waals surface area contributed by atoms with Gasteiger partial charge in [-0.15, -0.1) is 4.21 Å². The fraction of sp³-hybridized carbons (Fsp3) is 0.647. The van der Waals surface area contributed by atoms with Gasteiger partial charge in [0, 0.05) is 18.8 Å². The van der Waals surface area contributed by atoms with Gasteiger partial charge in [-0.25, -0.2) is 0 Å². The Morgan fingerprint density at radius 1 is 1.18 bits per heavy atom. The number of para-hydroxylation sites is 1. The fourth-order valence-corrected chi connectivity index (χ4v) is 2.66. The largest absolute Gasteiger partial charge is 1.00 e. The average Bonchev–Trinajstić information content (AvgIpc) is 3.17. The Labute approximate surface area is 153 Å². The van der Waals surface area contributed by atoms with Crippen LogP contribution in [0.25, 0.3) is 0 Å². The Balaban J connectivity index is 0.000000356. The Morgan fingerprint density at radius 3 is 2.14 bits per heavy atom. The van der Waals surface area contributed by atoms with E-state index in [0.29, 0.717) is 0 Å². The van der Waals surface area contributed by atoms with Crippen LogP contribution in [0, 0.1) is 0 Å². The molecule has 1 aromatic carbocycles. The predicted molar refractivity (Wildman–Crippen MR) is 91.8 cm³/mol. The smallest absolute Gasteiger partial charge is 0.101 e. The van der Waals surface area contributed by atoms with Gasteiger partial charge >= 0.3 is 0 Å². The molecule has 3 nitrogen and oxygen atoms in total. The lowest BCUT2D eigenvalue weighted by molar-refractivity contribution is -0.00000690. The quantitative estimate of drug-likeness (QED) is 0.371. The van der Waals surface area contributed by atoms with Gasteiger partial charge in [0.1, 0.15) is 18.8 Å². The third-order valence-electron chi connectivity index (χ3n) is 3.94. The van der Waals surface area contributed by atoms with Gasteiger partial charge in [-0.2, -0.15) is 0 Å². The van der Waals surface area contributed by atoms with Crippen molar-refractivity contribution in [2.24, 2.45) is 0 Å². The molecule has 0 aromatic heterocycles. The van der Waals surface area contributed by atoms with E-state index in [1.54, 1.807) is 18.8 Å². The van der Waals surface area contributed by atoms with Gasteiger partial charge in [-0.1, -0.05) is 25.1 Å². The van der Waals surface area contributed by atoms with E-state index in [-0.39, 0.29) is 29.6 Å². The second-order valence-corrected chi connectivity index (χ2v) is 10.1. The number of aryl methyl sites for hydroxylation is 1. The summed E-state index contributed by atoms with van der Waals surface area (Å²) in [7, 11) is -1.42. The molecule has 0 unspecified atom stereocenters. The molecule has 0 amide bonds. The summed E-state index contributed by atoms with van der Waals surface area (Å²) in [5.74, 6) is 0. The first-order valence-electron chi connectivity index (χ1n) is 7.69. The normalized spacial score (nSPS) is 19.0. The maximum absolute atomic E-state index is 10.2. The highest BCUT2D eigenvalue weighted by atomic mass is 127. The maximum atomic E-state index is 10.2. The van der Waals surface area contributed by atoms with Crippen molar-refractivity contribution in [1.82, 2.24) is 0 Å². The molecular formula is C17H28INO2S. The minimum Gasteiger partial charge on any atom is -1.00 e. The fourth-order valence-electron chi connectivity index (χ4n) is 2.66. The van der Waals surface area contributed by atoms with Crippen LogP contribution in [0.5, 0.6) is 0 Å². The Bertz CT molecular complexity index is 507. The van der Waals surface area contributed by atoms with E-state index < -0.39 is 9.93 Å². The lowest BCUT2D eigenvalue weighted by Crippen LogP contribution is -3.00. The molecule has 2 aliphatic heterocycles. The van der Waals surface area contributed by atoms with Crippen LogP contribution in [0.2, 0.25) is 0 Å². The van der Waals surface area contributed by atoms with Crippen molar-refractivity contribution in [2.75, 3.05) is 43.4 Å². The standard InChI is InChI=1S/C14H19NO.C3H9OS.HI/c1-2-12-5-3-4-6-13(12)15-9-7-14(8-10-15)11-16-14;1-5(2,3)4;/h3-6H,2,7-11H2,1H3;1-3H3;1H/q;+1;/p-1. The molecule has 0 bridgehead atoms. The zero-order valence-electron chi connectivity index (χ0n) is 14.1. The lowest BCUT2D eigenvalue weighted by Gasteiger charge is -2.33. The highest BCUT2D eigenvalue weighted by Gasteiger charge is 2.46. The van der Waals surface area contributed by atoms with E-state index in [1.165, 1.54) is 24.1 Å². The molecule has 1 spiro atoms. The van der Waals surface area contributed by atoms with Crippen molar-refractivity contribution in [3.63, 3.8) is 0 Å². The summed E-state index contributed by atoms with van der Waals surface area (Å²) in [6.07, 6.45) is 8.66. The zero-order chi connectivity index (χ0) is 15.5. The summed E-state index contributed by atoms with van der Waals surface area (Å²) in [4.78, 5) is 2.52. The highest BCUT2D eigenvalue weighted by molar-refractivity contribution is 8.00. The number of anilines is 1. The molecule has 2 heterocycles. The van der Waals surface area contributed by atoms with Gasteiger partial charge < -0.3 is 33.6 Å². The van der Waals surface area contributed by atoms with E-state index in [1.807, 2.05) is 0 Å². The average molecular weight is 437 g/mol. The molecule has 1 aromatic rings. The number of hydrogen-bond acceptors (Lipinski definition) is 3. The number of benzene rings is 1. The number of rotatable bonds is 2. The van der Waals surface area contributed by atoms with E-state index in [9.17, 15) is 4.21 Å². The van der Waals surface area contributed by atoms with E-state index >= 15 is 0 Å². The third kappa shape index (κ3) is 6.16. The molecule has 0 atom stereocenters. The Hall–Kier alpha value is -0.140. The monoisotopic (exact) mass is 437 g/mol. The molecule has 5 heteroatoms. The Kier molecular flexibility index (Phi) is 7.33. The summed E-state index contributed by atoms with van der Waals surface area (Å²) < 4.78 is 15.7. The van der Waals surface area contributed by atoms with Crippen molar-refractivity contribution >= 4 is 15.6 Å². The van der Waals surface area contributed by atoms with Crippen molar-refractivity contribution < 1.29 is 32.9 Å². The number of halogens is 1. The molecule has 3 rings (SSSR count). The Morgan fingerprint density at radius 2 is 1.68 bits per heavy atom. The molecule has 0 saturated carbocycles. The molecule has 2 fully saturated rings. The number of piperidine rings is 1. The van der Waals surface area contributed by atoms with E-state index in [2.05, 4.69) is 36.1 Å². The van der Waals surface area contributed by atoms with Crippen molar-refractivity contribution in [3.8, 4) is 0 Å². The van der Waals surface area contributed by atoms with Gasteiger partial charge in [0.2, 0.25) is 0 Å². The van der Waals surface area contributed by atoms with Gasteiger partial charge in [-0.3, -0.25) is 0 Å². The van der Waals surface area contributed by atoms with Crippen LogP contribution in [-0.2, 0) is 25.3 Å². The third-order valence-corrected chi connectivity index (χ3v) is 3.94. The number of ether oxygens (including phenoxy) is 1. The van der Waals surface area contributed by atoms with Crippen LogP contribution in [0.3, 0.4) is 0 Å². The number of nitrogens with zero attached hydrogens (tertiary/aromatic N) is 1. The minimum absolute atomic E-state index is 0. The first-order chi connectivity index (χ1) is 9.83. The van der Waals surface area contributed by atoms with Crippen LogP contribution in [0.4, 0.5) is 5.69 Å². The van der Waals surface area contributed by atoms with E-state index in [4.69, 9.17) is 4.74 Å². The number of epoxide rings is 1. The second kappa shape index (κ2) is 8.11. The molecule has 0 N–H and O–H groups in total. The zero-order valence-corrected chi connectivity index (χ0v) is 17.1. The lowest BCUT2D eigenvalue weighted by atomic mass is 9.96. The summed E-state index contributed by atoms with van der Waals surface area (Å²) in [6.45, 7) is 5.53. The summed E-state index contributed by atoms with van der Waals surface area (Å²) in [5, 5.41) is 0. The SMILES string of the molecule is CCc1ccccc1N1CCC2(CC1)CO2.C[S+](C)(C)=O.[I-]. The molecule has 22 heavy (non-hydrogen) atoms. The maximum Gasteiger partial charge on any atom is 0.101 e. The summed E-state index contributed by atoms with van der Waals surface area (Å²) in [6, 6.07) is 8.78. The molecule has 0 radical (unpaired) electrons. The first-order valence-corrected chi connectivity index (χ1v) is 10.5. The van der Waals surface area contributed by atoms with Crippen LogP contribution < -0.4 is 28.9 Å². The van der Waals surface area contributed by atoms with Gasteiger partial charge in [0.15, 0.2) is 0 Å². The van der Waals surface area contributed by atoms with Gasteiger partial charge in [0.25, 0.3) is 0 Å². The van der Waals surface area contributed by atoms with Crippen LogP contribution in [0.15, 0.2) is 24.3 Å². The summed E-state index contributed by atoms with van der Waals surface area (Å²) >= 11 is 0. The van der Waals surface area contributed by atoms with Crippen LogP contribution in [0.1, 0.15) is 25.3 Å². The molecule has 2 aliphatic rings. The van der Waals surface area contributed by atoms with Crippen LogP contribution in [-0.4, -0.2) is 44.1 Å². The van der Waals surface area contributed by atoms with Crippen LogP contribution >= 0.6 is 0 Å². The van der Waals surface area contributed by atoms with Crippen molar-refractivity contribution in [3.05, 3.63) is 29.8 Å².